The van der Waals surface area contributed by atoms with E-state index in [-0.39, 0.29) is 11.8 Å². The van der Waals surface area contributed by atoms with Crippen molar-refractivity contribution in [3.05, 3.63) is 52.4 Å². The number of rotatable bonds is 3. The number of amides is 1. The van der Waals surface area contributed by atoms with E-state index in [4.69, 9.17) is 11.6 Å². The Kier molecular flexibility index (Phi) is 5.22. The standard InChI is InChI=1S/C19H17BrClN5O/c20-13-8-15-18(24-9-13)16(5-6-22-15)26-7-1-2-12(11-26)19(27)25-17-4-3-14(21)10-23-17/h3-6,8-10,12H,1-2,7,11H2,(H,23,25,27). The molecule has 0 aromatic carbocycles. The summed E-state index contributed by atoms with van der Waals surface area (Å²) in [4.78, 5) is 28.0. The largest absolute Gasteiger partial charge is 0.369 e. The second-order valence-electron chi connectivity index (χ2n) is 6.49. The number of nitrogens with one attached hydrogen (secondary N) is 1. The van der Waals surface area contributed by atoms with E-state index in [1.807, 2.05) is 12.1 Å². The minimum atomic E-state index is -0.116. The zero-order chi connectivity index (χ0) is 18.8. The highest BCUT2D eigenvalue weighted by Crippen LogP contribution is 2.29. The van der Waals surface area contributed by atoms with Crippen LogP contribution < -0.4 is 10.2 Å². The number of pyridine rings is 3. The molecule has 1 amide bonds. The van der Waals surface area contributed by atoms with Crippen molar-refractivity contribution < 1.29 is 4.79 Å². The fourth-order valence-corrected chi connectivity index (χ4v) is 3.77. The fourth-order valence-electron chi connectivity index (χ4n) is 3.33. The maximum Gasteiger partial charge on any atom is 0.230 e. The van der Waals surface area contributed by atoms with Crippen LogP contribution in [0.5, 0.6) is 0 Å². The minimum absolute atomic E-state index is 0.0245. The van der Waals surface area contributed by atoms with Crippen LogP contribution in [0.3, 0.4) is 0 Å². The summed E-state index contributed by atoms with van der Waals surface area (Å²) in [5.41, 5.74) is 2.69. The molecule has 1 saturated heterocycles. The van der Waals surface area contributed by atoms with Gasteiger partial charge in [-0.15, -0.1) is 0 Å². The number of hydrogen-bond acceptors (Lipinski definition) is 5. The molecule has 1 aliphatic heterocycles. The maximum atomic E-state index is 12.7. The van der Waals surface area contributed by atoms with Gasteiger partial charge < -0.3 is 10.2 Å². The van der Waals surface area contributed by atoms with Gasteiger partial charge >= 0.3 is 0 Å². The molecule has 1 fully saturated rings. The summed E-state index contributed by atoms with van der Waals surface area (Å²) >= 11 is 9.28. The van der Waals surface area contributed by atoms with Crippen LogP contribution in [0, 0.1) is 5.92 Å². The average Bonchev–Trinajstić information content (AvgIpc) is 2.69. The molecular formula is C19H17BrClN5O. The Morgan fingerprint density at radius 3 is 2.93 bits per heavy atom. The summed E-state index contributed by atoms with van der Waals surface area (Å²) in [6.07, 6.45) is 6.86. The molecule has 0 spiro atoms. The molecule has 4 rings (SSSR count). The lowest BCUT2D eigenvalue weighted by Gasteiger charge is -2.34. The fraction of sp³-hybridized carbons (Fsp3) is 0.263. The van der Waals surface area contributed by atoms with Gasteiger partial charge in [0.25, 0.3) is 0 Å². The molecule has 0 bridgehead atoms. The smallest absolute Gasteiger partial charge is 0.230 e. The Labute approximate surface area is 170 Å². The molecule has 6 nitrogen and oxygen atoms in total. The van der Waals surface area contributed by atoms with Crippen LogP contribution in [0.15, 0.2) is 47.3 Å². The Morgan fingerprint density at radius 1 is 1.22 bits per heavy atom. The zero-order valence-corrected chi connectivity index (χ0v) is 16.7. The third kappa shape index (κ3) is 4.04. The molecule has 1 aliphatic rings. The quantitative estimate of drug-likeness (QED) is 0.650. The van der Waals surface area contributed by atoms with Crippen LogP contribution in [0.2, 0.25) is 5.02 Å². The number of carbonyl (C=O) groups is 1. The normalized spacial score (nSPS) is 17.1. The molecule has 3 aromatic heterocycles. The average molecular weight is 447 g/mol. The number of hydrogen-bond donors (Lipinski definition) is 1. The van der Waals surface area contributed by atoms with E-state index in [2.05, 4.69) is 41.1 Å². The van der Waals surface area contributed by atoms with Crippen molar-refractivity contribution in [1.29, 1.82) is 0 Å². The Balaban J connectivity index is 1.53. The summed E-state index contributed by atoms with van der Waals surface area (Å²) in [5.74, 6) is 0.376. The second-order valence-corrected chi connectivity index (χ2v) is 7.84. The molecular weight excluding hydrogens is 430 g/mol. The molecule has 0 aliphatic carbocycles. The van der Waals surface area contributed by atoms with Gasteiger partial charge in [-0.05, 0) is 53.0 Å². The van der Waals surface area contributed by atoms with E-state index in [1.54, 1.807) is 24.5 Å². The van der Waals surface area contributed by atoms with E-state index in [0.29, 0.717) is 17.4 Å². The monoisotopic (exact) mass is 445 g/mol. The van der Waals surface area contributed by atoms with Gasteiger partial charge in [-0.3, -0.25) is 14.8 Å². The predicted molar refractivity (Wildman–Crippen MR) is 110 cm³/mol. The number of fused-ring (bicyclic) bond motifs is 1. The van der Waals surface area contributed by atoms with E-state index in [1.165, 1.54) is 6.20 Å². The SMILES string of the molecule is O=C(Nc1ccc(Cl)cn1)C1CCCN(c2ccnc3cc(Br)cnc23)C1. The Bertz CT molecular complexity index is 982. The van der Waals surface area contributed by atoms with Crippen molar-refractivity contribution in [3.8, 4) is 0 Å². The van der Waals surface area contributed by atoms with Gasteiger partial charge in [-0.2, -0.15) is 0 Å². The highest BCUT2D eigenvalue weighted by molar-refractivity contribution is 9.10. The van der Waals surface area contributed by atoms with Crippen LogP contribution in [-0.4, -0.2) is 33.9 Å². The van der Waals surface area contributed by atoms with E-state index in [0.717, 1.165) is 40.6 Å². The van der Waals surface area contributed by atoms with Crippen LogP contribution in [-0.2, 0) is 4.79 Å². The highest BCUT2D eigenvalue weighted by atomic mass is 79.9. The second kappa shape index (κ2) is 7.78. The molecule has 1 atom stereocenters. The number of carbonyl (C=O) groups excluding carboxylic acids is 1. The number of aromatic nitrogens is 3. The number of nitrogens with zero attached hydrogens (tertiary/aromatic N) is 4. The van der Waals surface area contributed by atoms with E-state index in [9.17, 15) is 4.79 Å². The molecule has 138 valence electrons. The van der Waals surface area contributed by atoms with E-state index >= 15 is 0 Å². The third-order valence-electron chi connectivity index (χ3n) is 4.63. The lowest BCUT2D eigenvalue weighted by atomic mass is 9.96. The van der Waals surface area contributed by atoms with Gasteiger partial charge in [0, 0.05) is 36.2 Å². The highest BCUT2D eigenvalue weighted by Gasteiger charge is 2.27. The van der Waals surface area contributed by atoms with Gasteiger partial charge in [0.1, 0.15) is 11.3 Å². The van der Waals surface area contributed by atoms with Crippen LogP contribution in [0.25, 0.3) is 11.0 Å². The number of anilines is 2. The van der Waals surface area contributed by atoms with Gasteiger partial charge in [0.05, 0.1) is 22.1 Å². The molecule has 1 unspecified atom stereocenters. The molecule has 3 aromatic rings. The van der Waals surface area contributed by atoms with Gasteiger partial charge in [0.15, 0.2) is 0 Å². The molecule has 0 radical (unpaired) electrons. The van der Waals surface area contributed by atoms with Gasteiger partial charge in [-0.25, -0.2) is 4.98 Å². The lowest BCUT2D eigenvalue weighted by molar-refractivity contribution is -0.120. The van der Waals surface area contributed by atoms with Crippen molar-refractivity contribution in [2.24, 2.45) is 5.92 Å². The molecule has 0 saturated carbocycles. The summed E-state index contributed by atoms with van der Waals surface area (Å²) in [7, 11) is 0. The summed E-state index contributed by atoms with van der Waals surface area (Å²) in [6, 6.07) is 7.33. The number of piperidine rings is 1. The first-order chi connectivity index (χ1) is 13.1. The van der Waals surface area contributed by atoms with Crippen molar-refractivity contribution in [2.45, 2.75) is 12.8 Å². The van der Waals surface area contributed by atoms with Gasteiger partial charge in [0.2, 0.25) is 5.91 Å². The maximum absolute atomic E-state index is 12.7. The topological polar surface area (TPSA) is 71.0 Å². The molecule has 1 N–H and O–H groups in total. The lowest BCUT2D eigenvalue weighted by Crippen LogP contribution is -2.41. The number of halogens is 2. The van der Waals surface area contributed by atoms with Crippen molar-refractivity contribution >= 4 is 56.0 Å². The molecule has 4 heterocycles. The first-order valence-electron chi connectivity index (χ1n) is 8.68. The Hall–Kier alpha value is -2.25. The zero-order valence-electron chi connectivity index (χ0n) is 14.4. The predicted octanol–water partition coefficient (Wildman–Crippen LogP) is 4.30. The minimum Gasteiger partial charge on any atom is -0.369 e. The van der Waals surface area contributed by atoms with E-state index < -0.39 is 0 Å². The van der Waals surface area contributed by atoms with Crippen molar-refractivity contribution in [3.63, 3.8) is 0 Å². The summed E-state index contributed by atoms with van der Waals surface area (Å²) in [5, 5.41) is 3.43. The molecule has 8 heteroatoms. The first-order valence-corrected chi connectivity index (χ1v) is 9.85. The Morgan fingerprint density at radius 2 is 2.11 bits per heavy atom. The third-order valence-corrected chi connectivity index (χ3v) is 5.29. The van der Waals surface area contributed by atoms with Crippen molar-refractivity contribution in [2.75, 3.05) is 23.3 Å². The van der Waals surface area contributed by atoms with Crippen LogP contribution in [0.4, 0.5) is 11.5 Å². The van der Waals surface area contributed by atoms with Crippen LogP contribution >= 0.6 is 27.5 Å². The first kappa shape index (κ1) is 18.1. The summed E-state index contributed by atoms with van der Waals surface area (Å²) in [6.45, 7) is 1.52. The van der Waals surface area contributed by atoms with Crippen LogP contribution in [0.1, 0.15) is 12.8 Å². The van der Waals surface area contributed by atoms with Crippen molar-refractivity contribution in [1.82, 2.24) is 15.0 Å². The van der Waals surface area contributed by atoms with Gasteiger partial charge in [-0.1, -0.05) is 11.6 Å². The summed E-state index contributed by atoms with van der Waals surface area (Å²) < 4.78 is 0.894. The molecule has 27 heavy (non-hydrogen) atoms.